The molecule has 0 radical (unpaired) electrons. The Hall–Kier alpha value is -1.14. The molecule has 1 atom stereocenters. The summed E-state index contributed by atoms with van der Waals surface area (Å²) in [5.74, 6) is 0. The smallest absolute Gasteiger partial charge is 0.410 e. The molecule has 3 rings (SSSR count). The van der Waals surface area contributed by atoms with Gasteiger partial charge in [0.1, 0.15) is 15.8 Å². The van der Waals surface area contributed by atoms with Crippen molar-refractivity contribution in [1.29, 1.82) is 0 Å². The maximum atomic E-state index is 12.8. The van der Waals surface area contributed by atoms with E-state index >= 15 is 0 Å². The quantitative estimate of drug-likeness (QED) is 0.728. The normalized spacial score (nSPS) is 26.1. The average Bonchev–Trinajstić information content (AvgIpc) is 3.04. The van der Waals surface area contributed by atoms with Crippen molar-refractivity contribution in [2.45, 2.75) is 69.6 Å². The third kappa shape index (κ3) is 3.18. The minimum Gasteiger partial charge on any atom is -0.444 e. The number of pyridine rings is 1. The SMILES string of the molecule is CC(C)(C)OC(=O)N1CC(O)(c2cccnc2Br)CC12CCCC2. The van der Waals surface area contributed by atoms with Gasteiger partial charge in [0, 0.05) is 23.7 Å². The van der Waals surface area contributed by atoms with Crippen molar-refractivity contribution in [2.24, 2.45) is 0 Å². The lowest BCUT2D eigenvalue weighted by molar-refractivity contribution is 0.00389. The molecular weight excluding hydrogens is 372 g/mol. The number of ether oxygens (including phenoxy) is 1. The van der Waals surface area contributed by atoms with Crippen molar-refractivity contribution in [3.63, 3.8) is 0 Å². The molecule has 2 fully saturated rings. The van der Waals surface area contributed by atoms with Crippen LogP contribution in [0.4, 0.5) is 4.79 Å². The van der Waals surface area contributed by atoms with Crippen molar-refractivity contribution in [2.75, 3.05) is 6.54 Å². The highest BCUT2D eigenvalue weighted by atomic mass is 79.9. The second-order valence-corrected chi connectivity index (χ2v) is 8.80. The molecule has 1 aliphatic carbocycles. The van der Waals surface area contributed by atoms with Crippen LogP contribution in [0, 0.1) is 0 Å². The minimum atomic E-state index is -1.10. The number of likely N-dealkylation sites (tertiary alicyclic amines) is 1. The Kier molecular flexibility index (Phi) is 4.41. The molecule has 132 valence electrons. The van der Waals surface area contributed by atoms with Crippen molar-refractivity contribution < 1.29 is 14.6 Å². The summed E-state index contributed by atoms with van der Waals surface area (Å²) in [5, 5.41) is 11.4. The Labute approximate surface area is 151 Å². The monoisotopic (exact) mass is 396 g/mol. The number of aliphatic hydroxyl groups is 1. The van der Waals surface area contributed by atoms with E-state index in [1.807, 2.05) is 32.9 Å². The second kappa shape index (κ2) is 5.99. The third-order valence-electron chi connectivity index (χ3n) is 5.02. The predicted octanol–water partition coefficient (Wildman–Crippen LogP) is 3.99. The Morgan fingerprint density at radius 1 is 1.38 bits per heavy atom. The van der Waals surface area contributed by atoms with Gasteiger partial charge >= 0.3 is 6.09 Å². The molecule has 1 saturated heterocycles. The molecular formula is C18H25BrN2O3. The van der Waals surface area contributed by atoms with E-state index in [0.29, 0.717) is 11.0 Å². The summed E-state index contributed by atoms with van der Waals surface area (Å²) in [4.78, 5) is 18.8. The number of hydrogen-bond donors (Lipinski definition) is 1. The zero-order valence-corrected chi connectivity index (χ0v) is 16.1. The molecule has 1 amide bonds. The van der Waals surface area contributed by atoms with Gasteiger partial charge in [-0.3, -0.25) is 4.90 Å². The summed E-state index contributed by atoms with van der Waals surface area (Å²) in [6.45, 7) is 5.84. The highest BCUT2D eigenvalue weighted by Gasteiger charge is 2.57. The number of amides is 1. The van der Waals surface area contributed by atoms with Crippen LogP contribution in [0.15, 0.2) is 22.9 Å². The summed E-state index contributed by atoms with van der Waals surface area (Å²) in [7, 11) is 0. The molecule has 24 heavy (non-hydrogen) atoms. The largest absolute Gasteiger partial charge is 0.444 e. The van der Waals surface area contributed by atoms with Crippen LogP contribution in [-0.4, -0.2) is 38.8 Å². The third-order valence-corrected chi connectivity index (χ3v) is 5.65. The average molecular weight is 397 g/mol. The summed E-state index contributed by atoms with van der Waals surface area (Å²) in [5.41, 5.74) is -1.23. The fraction of sp³-hybridized carbons (Fsp3) is 0.667. The molecule has 1 aliphatic heterocycles. The first-order valence-corrected chi connectivity index (χ1v) is 9.29. The summed E-state index contributed by atoms with van der Waals surface area (Å²) >= 11 is 3.44. The number of halogens is 1. The van der Waals surface area contributed by atoms with Gasteiger partial charge in [0.2, 0.25) is 0 Å². The van der Waals surface area contributed by atoms with Crippen LogP contribution in [0.3, 0.4) is 0 Å². The highest BCUT2D eigenvalue weighted by molar-refractivity contribution is 9.10. The lowest BCUT2D eigenvalue weighted by atomic mass is 9.85. The van der Waals surface area contributed by atoms with Crippen LogP contribution in [0.25, 0.3) is 0 Å². The van der Waals surface area contributed by atoms with E-state index < -0.39 is 11.2 Å². The highest BCUT2D eigenvalue weighted by Crippen LogP contribution is 2.51. The molecule has 1 saturated carbocycles. The van der Waals surface area contributed by atoms with Gasteiger partial charge in [-0.05, 0) is 55.6 Å². The van der Waals surface area contributed by atoms with E-state index in [0.717, 1.165) is 31.2 Å². The van der Waals surface area contributed by atoms with Crippen molar-refractivity contribution in [3.8, 4) is 0 Å². The maximum absolute atomic E-state index is 12.8. The van der Waals surface area contributed by atoms with E-state index in [9.17, 15) is 9.90 Å². The van der Waals surface area contributed by atoms with Gasteiger partial charge in [-0.1, -0.05) is 18.9 Å². The predicted molar refractivity (Wildman–Crippen MR) is 94.6 cm³/mol. The van der Waals surface area contributed by atoms with E-state index in [4.69, 9.17) is 4.74 Å². The number of β-amino-alcohol motifs (C(OH)–C–C–N with tert-alkyl or cyclic N) is 1. The molecule has 1 unspecified atom stereocenters. The van der Waals surface area contributed by atoms with E-state index in [1.54, 1.807) is 11.1 Å². The Morgan fingerprint density at radius 2 is 2.04 bits per heavy atom. The minimum absolute atomic E-state index is 0.242. The van der Waals surface area contributed by atoms with Crippen LogP contribution in [-0.2, 0) is 10.3 Å². The molecule has 1 aromatic rings. The molecule has 1 spiro atoms. The molecule has 0 aromatic carbocycles. The number of nitrogens with zero attached hydrogens (tertiary/aromatic N) is 2. The van der Waals surface area contributed by atoms with Crippen LogP contribution < -0.4 is 0 Å². The Bertz CT molecular complexity index is 637. The van der Waals surface area contributed by atoms with Crippen molar-refractivity contribution >= 4 is 22.0 Å². The van der Waals surface area contributed by atoms with Crippen molar-refractivity contribution in [1.82, 2.24) is 9.88 Å². The van der Waals surface area contributed by atoms with E-state index in [2.05, 4.69) is 20.9 Å². The first kappa shape index (κ1) is 17.7. The van der Waals surface area contributed by atoms with Crippen LogP contribution in [0.5, 0.6) is 0 Å². The number of rotatable bonds is 1. The summed E-state index contributed by atoms with van der Waals surface area (Å²) in [6.07, 6.45) is 5.85. The molecule has 2 aliphatic rings. The van der Waals surface area contributed by atoms with Gasteiger partial charge < -0.3 is 9.84 Å². The molecule has 6 heteroatoms. The first-order chi connectivity index (χ1) is 11.2. The zero-order chi connectivity index (χ0) is 17.6. The summed E-state index contributed by atoms with van der Waals surface area (Å²) < 4.78 is 6.25. The molecule has 5 nitrogen and oxygen atoms in total. The van der Waals surface area contributed by atoms with Gasteiger partial charge in [0.15, 0.2) is 0 Å². The molecule has 1 N–H and O–H groups in total. The number of carbonyl (C=O) groups is 1. The van der Waals surface area contributed by atoms with Gasteiger partial charge in [-0.2, -0.15) is 0 Å². The fourth-order valence-electron chi connectivity index (χ4n) is 4.09. The number of hydrogen-bond acceptors (Lipinski definition) is 4. The standard InChI is InChI=1S/C18H25BrN2O3/c1-16(2,3)24-15(22)21-12-18(23,11-17(21)8-4-5-9-17)13-7-6-10-20-14(13)19/h6-7,10,23H,4-5,8-9,11-12H2,1-3H3. The zero-order valence-electron chi connectivity index (χ0n) is 14.5. The fourth-order valence-corrected chi connectivity index (χ4v) is 4.71. The van der Waals surface area contributed by atoms with Crippen molar-refractivity contribution in [3.05, 3.63) is 28.5 Å². The van der Waals surface area contributed by atoms with Gasteiger partial charge in [-0.15, -0.1) is 0 Å². The number of carbonyl (C=O) groups excluding carboxylic acids is 1. The molecule has 0 bridgehead atoms. The maximum Gasteiger partial charge on any atom is 0.410 e. The van der Waals surface area contributed by atoms with E-state index in [-0.39, 0.29) is 18.2 Å². The molecule has 2 heterocycles. The van der Waals surface area contributed by atoms with Crippen LogP contribution >= 0.6 is 15.9 Å². The van der Waals surface area contributed by atoms with E-state index in [1.165, 1.54) is 0 Å². The van der Waals surface area contributed by atoms with Gasteiger partial charge in [-0.25, -0.2) is 9.78 Å². The van der Waals surface area contributed by atoms with Crippen LogP contribution in [0.2, 0.25) is 0 Å². The summed E-state index contributed by atoms with van der Waals surface area (Å²) in [6, 6.07) is 3.69. The number of aromatic nitrogens is 1. The topological polar surface area (TPSA) is 62.7 Å². The van der Waals surface area contributed by atoms with Gasteiger partial charge in [0.05, 0.1) is 6.54 Å². The van der Waals surface area contributed by atoms with Crippen LogP contribution in [0.1, 0.15) is 58.4 Å². The second-order valence-electron chi connectivity index (χ2n) is 8.05. The van der Waals surface area contributed by atoms with Gasteiger partial charge in [0.25, 0.3) is 0 Å². The molecule has 1 aromatic heterocycles. The Morgan fingerprint density at radius 3 is 2.62 bits per heavy atom. The first-order valence-electron chi connectivity index (χ1n) is 8.49. The lowest BCUT2D eigenvalue weighted by Gasteiger charge is -2.35. The lowest BCUT2D eigenvalue weighted by Crippen LogP contribution is -2.47. The Balaban J connectivity index is 1.94.